The lowest BCUT2D eigenvalue weighted by Crippen LogP contribution is -2.34. The molecule has 0 aliphatic carbocycles. The average molecular weight is 304 g/mol. The Kier molecular flexibility index (Phi) is 3.83. The minimum absolute atomic E-state index is 0.0415. The standard InChI is InChI=1S/C16H18ClN3O/c1-19(2)11-7-8-20(10-11)16(21)13-9-15(17)18-14-6-4-3-5-12(13)14/h3-6,9,11H,7-8,10H2,1-2H3. The van der Waals surface area contributed by atoms with Gasteiger partial charge in [0.2, 0.25) is 0 Å². The Morgan fingerprint density at radius 2 is 2.14 bits per heavy atom. The van der Waals surface area contributed by atoms with E-state index in [0.29, 0.717) is 16.8 Å². The van der Waals surface area contributed by atoms with Gasteiger partial charge in [0.25, 0.3) is 5.91 Å². The van der Waals surface area contributed by atoms with Gasteiger partial charge in [0.05, 0.1) is 11.1 Å². The summed E-state index contributed by atoms with van der Waals surface area (Å²) < 4.78 is 0. The van der Waals surface area contributed by atoms with Gasteiger partial charge in [-0.2, -0.15) is 0 Å². The molecule has 0 saturated carbocycles. The van der Waals surface area contributed by atoms with E-state index in [2.05, 4.69) is 24.0 Å². The maximum atomic E-state index is 12.8. The minimum atomic E-state index is 0.0415. The summed E-state index contributed by atoms with van der Waals surface area (Å²) in [6, 6.07) is 9.72. The Balaban J connectivity index is 1.95. The van der Waals surface area contributed by atoms with Gasteiger partial charge in [0, 0.05) is 24.5 Å². The van der Waals surface area contributed by atoms with Gasteiger partial charge in [-0.15, -0.1) is 0 Å². The zero-order valence-corrected chi connectivity index (χ0v) is 13.0. The highest BCUT2D eigenvalue weighted by Crippen LogP contribution is 2.24. The molecule has 1 aromatic heterocycles. The number of carbonyl (C=O) groups excluding carboxylic acids is 1. The van der Waals surface area contributed by atoms with Crippen molar-refractivity contribution in [2.24, 2.45) is 0 Å². The highest BCUT2D eigenvalue weighted by atomic mass is 35.5. The van der Waals surface area contributed by atoms with Crippen molar-refractivity contribution in [2.75, 3.05) is 27.2 Å². The summed E-state index contributed by atoms with van der Waals surface area (Å²) in [4.78, 5) is 21.2. The Bertz CT molecular complexity index is 686. The van der Waals surface area contributed by atoms with Gasteiger partial charge >= 0.3 is 0 Å². The smallest absolute Gasteiger partial charge is 0.254 e. The van der Waals surface area contributed by atoms with Crippen LogP contribution in [-0.2, 0) is 0 Å². The Morgan fingerprint density at radius 1 is 1.38 bits per heavy atom. The number of fused-ring (bicyclic) bond motifs is 1. The van der Waals surface area contributed by atoms with Crippen molar-refractivity contribution in [1.82, 2.24) is 14.8 Å². The number of likely N-dealkylation sites (N-methyl/N-ethyl adjacent to an activating group) is 1. The van der Waals surface area contributed by atoms with Crippen LogP contribution in [0.4, 0.5) is 0 Å². The van der Waals surface area contributed by atoms with Gasteiger partial charge in [-0.1, -0.05) is 29.8 Å². The van der Waals surface area contributed by atoms with Crippen LogP contribution in [0.2, 0.25) is 5.15 Å². The Labute approximate surface area is 129 Å². The zero-order chi connectivity index (χ0) is 15.0. The fourth-order valence-electron chi connectivity index (χ4n) is 2.84. The number of benzene rings is 1. The molecule has 3 rings (SSSR count). The Morgan fingerprint density at radius 3 is 2.86 bits per heavy atom. The number of nitrogens with zero attached hydrogens (tertiary/aromatic N) is 3. The second kappa shape index (κ2) is 5.62. The molecule has 4 nitrogen and oxygen atoms in total. The average Bonchev–Trinajstić information content (AvgIpc) is 2.95. The first kappa shape index (κ1) is 14.3. The lowest BCUT2D eigenvalue weighted by molar-refractivity contribution is 0.0785. The zero-order valence-electron chi connectivity index (χ0n) is 12.2. The van der Waals surface area contributed by atoms with Crippen LogP contribution in [0.1, 0.15) is 16.8 Å². The first-order valence-electron chi connectivity index (χ1n) is 7.07. The molecular formula is C16H18ClN3O. The molecule has 1 aliphatic rings. The van der Waals surface area contributed by atoms with Crippen molar-refractivity contribution in [1.29, 1.82) is 0 Å². The van der Waals surface area contributed by atoms with Crippen LogP contribution in [0.5, 0.6) is 0 Å². The van der Waals surface area contributed by atoms with Gasteiger partial charge in [-0.3, -0.25) is 4.79 Å². The predicted molar refractivity (Wildman–Crippen MR) is 84.7 cm³/mol. The highest BCUT2D eigenvalue weighted by Gasteiger charge is 2.29. The van der Waals surface area contributed by atoms with Crippen molar-refractivity contribution in [3.63, 3.8) is 0 Å². The molecule has 0 bridgehead atoms. The van der Waals surface area contributed by atoms with E-state index in [1.54, 1.807) is 6.07 Å². The molecule has 21 heavy (non-hydrogen) atoms. The number of carbonyl (C=O) groups is 1. The number of aromatic nitrogens is 1. The van der Waals surface area contributed by atoms with E-state index in [-0.39, 0.29) is 5.91 Å². The summed E-state index contributed by atoms with van der Waals surface area (Å²) in [6.07, 6.45) is 1.01. The summed E-state index contributed by atoms with van der Waals surface area (Å²) in [6.45, 7) is 1.55. The topological polar surface area (TPSA) is 36.4 Å². The summed E-state index contributed by atoms with van der Waals surface area (Å²) in [5.74, 6) is 0.0415. The fourth-order valence-corrected chi connectivity index (χ4v) is 3.04. The summed E-state index contributed by atoms with van der Waals surface area (Å²) in [7, 11) is 4.11. The number of amides is 1. The van der Waals surface area contributed by atoms with Crippen LogP contribution in [0, 0.1) is 0 Å². The molecule has 1 fully saturated rings. The maximum Gasteiger partial charge on any atom is 0.254 e. The van der Waals surface area contributed by atoms with E-state index in [1.165, 1.54) is 0 Å². The van der Waals surface area contributed by atoms with Crippen molar-refractivity contribution in [2.45, 2.75) is 12.5 Å². The van der Waals surface area contributed by atoms with Crippen LogP contribution >= 0.6 is 11.6 Å². The molecule has 1 atom stereocenters. The lowest BCUT2D eigenvalue weighted by Gasteiger charge is -2.21. The summed E-state index contributed by atoms with van der Waals surface area (Å²) in [5, 5.41) is 1.22. The van der Waals surface area contributed by atoms with Crippen molar-refractivity contribution >= 4 is 28.4 Å². The summed E-state index contributed by atoms with van der Waals surface area (Å²) in [5.41, 5.74) is 1.40. The minimum Gasteiger partial charge on any atom is -0.337 e. The van der Waals surface area contributed by atoms with Crippen LogP contribution in [0.3, 0.4) is 0 Å². The molecule has 110 valence electrons. The molecule has 0 spiro atoms. The summed E-state index contributed by atoms with van der Waals surface area (Å²) >= 11 is 6.06. The van der Waals surface area contributed by atoms with Crippen LogP contribution in [0.25, 0.3) is 10.9 Å². The number of para-hydroxylation sites is 1. The third-order valence-electron chi connectivity index (χ3n) is 4.10. The fraction of sp³-hybridized carbons (Fsp3) is 0.375. The first-order chi connectivity index (χ1) is 10.1. The number of pyridine rings is 1. The highest BCUT2D eigenvalue weighted by molar-refractivity contribution is 6.30. The van der Waals surface area contributed by atoms with Crippen LogP contribution < -0.4 is 0 Å². The maximum absolute atomic E-state index is 12.8. The van der Waals surface area contributed by atoms with Gasteiger partial charge in [0.1, 0.15) is 5.15 Å². The number of hydrogen-bond donors (Lipinski definition) is 0. The van der Waals surface area contributed by atoms with Crippen molar-refractivity contribution < 1.29 is 4.79 Å². The van der Waals surface area contributed by atoms with Gasteiger partial charge < -0.3 is 9.80 Å². The molecule has 1 saturated heterocycles. The van der Waals surface area contributed by atoms with E-state index < -0.39 is 0 Å². The normalized spacial score (nSPS) is 18.7. The predicted octanol–water partition coefficient (Wildman–Crippen LogP) is 2.66. The quantitative estimate of drug-likeness (QED) is 0.800. The van der Waals surface area contributed by atoms with Gasteiger partial charge in [-0.05, 0) is 32.6 Å². The second-order valence-corrected chi connectivity index (χ2v) is 6.05. The molecule has 1 amide bonds. The number of likely N-dealkylation sites (tertiary alicyclic amines) is 1. The largest absolute Gasteiger partial charge is 0.337 e. The van der Waals surface area contributed by atoms with E-state index >= 15 is 0 Å². The van der Waals surface area contributed by atoms with E-state index in [4.69, 9.17) is 11.6 Å². The number of halogens is 1. The monoisotopic (exact) mass is 303 g/mol. The van der Waals surface area contributed by atoms with E-state index in [0.717, 1.165) is 30.4 Å². The molecule has 0 radical (unpaired) electrons. The molecule has 0 N–H and O–H groups in total. The lowest BCUT2D eigenvalue weighted by atomic mass is 10.1. The first-order valence-corrected chi connectivity index (χ1v) is 7.45. The molecular weight excluding hydrogens is 286 g/mol. The van der Waals surface area contributed by atoms with Crippen LogP contribution in [-0.4, -0.2) is 53.9 Å². The van der Waals surface area contributed by atoms with Gasteiger partial charge in [-0.25, -0.2) is 4.98 Å². The number of hydrogen-bond acceptors (Lipinski definition) is 3. The SMILES string of the molecule is CN(C)C1CCN(C(=O)c2cc(Cl)nc3ccccc23)C1. The third-order valence-corrected chi connectivity index (χ3v) is 4.29. The van der Waals surface area contributed by atoms with E-state index in [9.17, 15) is 4.79 Å². The van der Waals surface area contributed by atoms with Crippen molar-refractivity contribution in [3.8, 4) is 0 Å². The van der Waals surface area contributed by atoms with Crippen LogP contribution in [0.15, 0.2) is 30.3 Å². The molecule has 1 aliphatic heterocycles. The molecule has 5 heteroatoms. The van der Waals surface area contributed by atoms with Crippen molar-refractivity contribution in [3.05, 3.63) is 41.0 Å². The molecule has 2 heterocycles. The second-order valence-electron chi connectivity index (χ2n) is 5.67. The number of rotatable bonds is 2. The Hall–Kier alpha value is -1.65. The third kappa shape index (κ3) is 2.74. The van der Waals surface area contributed by atoms with E-state index in [1.807, 2.05) is 29.2 Å². The molecule has 2 aromatic rings. The molecule has 1 aromatic carbocycles. The van der Waals surface area contributed by atoms with Gasteiger partial charge in [0.15, 0.2) is 0 Å². The molecule has 1 unspecified atom stereocenters.